The van der Waals surface area contributed by atoms with Crippen LogP contribution in [-0.4, -0.2) is 71.8 Å². The van der Waals surface area contributed by atoms with E-state index < -0.39 is 5.41 Å². The number of carbonyl (C=O) groups excluding carboxylic acids is 2. The van der Waals surface area contributed by atoms with Gasteiger partial charge in [-0.2, -0.15) is 5.26 Å². The highest BCUT2D eigenvalue weighted by Gasteiger charge is 2.35. The first-order valence-electron chi connectivity index (χ1n) is 8.60. The largest absolute Gasteiger partial charge is 0.341 e. The molecule has 0 spiro atoms. The Kier molecular flexibility index (Phi) is 5.64. The molecule has 0 aromatic carbocycles. The second kappa shape index (κ2) is 7.31. The van der Waals surface area contributed by atoms with E-state index >= 15 is 0 Å². The molecule has 2 amide bonds. The van der Waals surface area contributed by atoms with Crippen LogP contribution in [0.25, 0.3) is 0 Å². The van der Waals surface area contributed by atoms with E-state index in [-0.39, 0.29) is 17.9 Å². The van der Waals surface area contributed by atoms with Crippen LogP contribution in [0.15, 0.2) is 0 Å². The Bertz CT molecular complexity index is 483. The van der Waals surface area contributed by atoms with Crippen molar-refractivity contribution in [3.63, 3.8) is 0 Å². The van der Waals surface area contributed by atoms with E-state index in [0.717, 1.165) is 25.9 Å². The van der Waals surface area contributed by atoms with E-state index in [1.807, 2.05) is 11.8 Å². The minimum Gasteiger partial charge on any atom is -0.341 e. The average Bonchev–Trinajstić information content (AvgIpc) is 2.60. The van der Waals surface area contributed by atoms with Crippen molar-refractivity contribution < 1.29 is 9.59 Å². The summed E-state index contributed by atoms with van der Waals surface area (Å²) < 4.78 is 0. The van der Waals surface area contributed by atoms with Crippen LogP contribution in [0.2, 0.25) is 0 Å². The Morgan fingerprint density at radius 1 is 0.957 bits per heavy atom. The van der Waals surface area contributed by atoms with Crippen LogP contribution in [-0.2, 0) is 9.59 Å². The average molecular weight is 320 g/mol. The topological polar surface area (TPSA) is 67.7 Å². The molecule has 2 rings (SSSR count). The number of likely N-dealkylation sites (tertiary alicyclic amines) is 1. The summed E-state index contributed by atoms with van der Waals surface area (Å²) in [5.41, 5.74) is -0.975. The fourth-order valence-electron chi connectivity index (χ4n) is 3.29. The third kappa shape index (κ3) is 4.03. The van der Waals surface area contributed by atoms with Crippen LogP contribution < -0.4 is 0 Å². The fraction of sp³-hybridized carbons (Fsp3) is 0.824. The molecule has 2 fully saturated rings. The number of amides is 2. The third-order valence-corrected chi connectivity index (χ3v) is 4.99. The van der Waals surface area contributed by atoms with Gasteiger partial charge in [-0.05, 0) is 40.0 Å². The van der Waals surface area contributed by atoms with Crippen molar-refractivity contribution in [3.8, 4) is 6.07 Å². The number of piperidine rings is 1. The minimum atomic E-state index is -0.975. The Labute approximate surface area is 139 Å². The SMILES string of the molecule is C[C@@H](C(=O)N1CCCCC1)N1CCN(C(=O)C(C)(C)C#N)CC1. The van der Waals surface area contributed by atoms with E-state index in [4.69, 9.17) is 5.26 Å². The molecule has 0 bridgehead atoms. The standard InChI is InChI=1S/C17H28N4O2/c1-14(15(22)20-7-5-4-6-8-20)19-9-11-21(12-10-19)16(23)17(2,3)13-18/h14H,4-12H2,1-3H3/t14-/m0/s1. The zero-order valence-electron chi connectivity index (χ0n) is 14.5. The molecular formula is C17H28N4O2. The van der Waals surface area contributed by atoms with Gasteiger partial charge in [-0.15, -0.1) is 0 Å². The zero-order valence-corrected chi connectivity index (χ0v) is 14.5. The summed E-state index contributed by atoms with van der Waals surface area (Å²) in [6.07, 6.45) is 3.42. The van der Waals surface area contributed by atoms with Gasteiger partial charge >= 0.3 is 0 Å². The van der Waals surface area contributed by atoms with Crippen molar-refractivity contribution in [1.82, 2.24) is 14.7 Å². The lowest BCUT2D eigenvalue weighted by atomic mass is 9.93. The van der Waals surface area contributed by atoms with Gasteiger partial charge in [0, 0.05) is 39.3 Å². The van der Waals surface area contributed by atoms with E-state index in [1.54, 1.807) is 18.7 Å². The molecule has 2 saturated heterocycles. The quantitative estimate of drug-likeness (QED) is 0.780. The van der Waals surface area contributed by atoms with Gasteiger partial charge in [0.25, 0.3) is 0 Å². The van der Waals surface area contributed by atoms with Gasteiger partial charge in [-0.25, -0.2) is 0 Å². The predicted octanol–water partition coefficient (Wildman–Crippen LogP) is 1.08. The first kappa shape index (κ1) is 17.7. The molecule has 0 aromatic heterocycles. The molecule has 0 N–H and O–H groups in total. The Balaban J connectivity index is 1.87. The first-order valence-corrected chi connectivity index (χ1v) is 8.60. The monoisotopic (exact) mass is 320 g/mol. The summed E-state index contributed by atoms with van der Waals surface area (Å²) in [7, 11) is 0. The molecule has 2 aliphatic rings. The molecule has 0 radical (unpaired) electrons. The molecule has 0 aromatic rings. The molecule has 0 aliphatic carbocycles. The minimum absolute atomic E-state index is 0.116. The third-order valence-electron chi connectivity index (χ3n) is 4.99. The second-order valence-electron chi connectivity index (χ2n) is 7.13. The number of nitrogens with zero attached hydrogens (tertiary/aromatic N) is 4. The van der Waals surface area contributed by atoms with E-state index in [1.165, 1.54) is 6.42 Å². The van der Waals surface area contributed by atoms with Crippen molar-refractivity contribution >= 4 is 11.8 Å². The van der Waals surface area contributed by atoms with Crippen LogP contribution in [0.1, 0.15) is 40.0 Å². The molecule has 1 atom stereocenters. The van der Waals surface area contributed by atoms with Crippen LogP contribution in [0.3, 0.4) is 0 Å². The molecule has 6 heteroatoms. The molecule has 0 unspecified atom stereocenters. The lowest BCUT2D eigenvalue weighted by Crippen LogP contribution is -2.57. The summed E-state index contributed by atoms with van der Waals surface area (Å²) in [5.74, 6) is 0.0940. The van der Waals surface area contributed by atoms with Crippen LogP contribution >= 0.6 is 0 Å². The number of piperazine rings is 1. The lowest BCUT2D eigenvalue weighted by Gasteiger charge is -2.40. The first-order chi connectivity index (χ1) is 10.9. The maximum atomic E-state index is 12.6. The maximum Gasteiger partial charge on any atom is 0.242 e. The van der Waals surface area contributed by atoms with Gasteiger partial charge in [0.05, 0.1) is 12.1 Å². The Hall–Kier alpha value is -1.61. The number of hydrogen-bond donors (Lipinski definition) is 0. The smallest absolute Gasteiger partial charge is 0.242 e. The number of hydrogen-bond acceptors (Lipinski definition) is 4. The van der Waals surface area contributed by atoms with Gasteiger partial charge in [0.1, 0.15) is 5.41 Å². The van der Waals surface area contributed by atoms with Crippen LogP contribution in [0.4, 0.5) is 0 Å². The van der Waals surface area contributed by atoms with Gasteiger partial charge in [0.15, 0.2) is 0 Å². The Morgan fingerprint density at radius 2 is 1.52 bits per heavy atom. The van der Waals surface area contributed by atoms with Gasteiger partial charge < -0.3 is 9.80 Å². The highest BCUT2D eigenvalue weighted by atomic mass is 16.2. The molecule has 128 valence electrons. The summed E-state index contributed by atoms with van der Waals surface area (Å²) in [5, 5.41) is 9.09. The van der Waals surface area contributed by atoms with E-state index in [2.05, 4.69) is 11.0 Å². The zero-order chi connectivity index (χ0) is 17.0. The highest BCUT2D eigenvalue weighted by Crippen LogP contribution is 2.20. The normalized spacial score (nSPS) is 21.7. The van der Waals surface area contributed by atoms with Gasteiger partial charge in [-0.3, -0.25) is 14.5 Å². The maximum absolute atomic E-state index is 12.6. The summed E-state index contributed by atoms with van der Waals surface area (Å²) in [4.78, 5) is 30.8. The number of rotatable bonds is 3. The van der Waals surface area contributed by atoms with Gasteiger partial charge in [0.2, 0.25) is 11.8 Å². The lowest BCUT2D eigenvalue weighted by molar-refractivity contribution is -0.142. The van der Waals surface area contributed by atoms with E-state index in [0.29, 0.717) is 26.2 Å². The van der Waals surface area contributed by atoms with Crippen molar-refractivity contribution in [2.75, 3.05) is 39.3 Å². The number of nitriles is 1. The predicted molar refractivity (Wildman–Crippen MR) is 87.4 cm³/mol. The summed E-state index contributed by atoms with van der Waals surface area (Å²) in [6.45, 7) is 9.57. The second-order valence-corrected chi connectivity index (χ2v) is 7.13. The number of carbonyl (C=O) groups is 2. The van der Waals surface area contributed by atoms with Gasteiger partial charge in [-0.1, -0.05) is 0 Å². The Morgan fingerprint density at radius 3 is 2.04 bits per heavy atom. The molecular weight excluding hydrogens is 292 g/mol. The molecule has 2 heterocycles. The summed E-state index contributed by atoms with van der Waals surface area (Å²) in [6, 6.07) is 1.94. The van der Waals surface area contributed by atoms with Crippen molar-refractivity contribution in [3.05, 3.63) is 0 Å². The van der Waals surface area contributed by atoms with Crippen LogP contribution in [0.5, 0.6) is 0 Å². The van der Waals surface area contributed by atoms with Crippen molar-refractivity contribution in [1.29, 1.82) is 5.26 Å². The summed E-state index contributed by atoms with van der Waals surface area (Å²) >= 11 is 0. The molecule has 0 saturated carbocycles. The molecule has 2 aliphatic heterocycles. The van der Waals surface area contributed by atoms with Crippen molar-refractivity contribution in [2.24, 2.45) is 5.41 Å². The van der Waals surface area contributed by atoms with E-state index in [9.17, 15) is 9.59 Å². The molecule has 23 heavy (non-hydrogen) atoms. The van der Waals surface area contributed by atoms with Crippen LogP contribution in [0, 0.1) is 16.7 Å². The molecule has 6 nitrogen and oxygen atoms in total. The van der Waals surface area contributed by atoms with Crippen molar-refractivity contribution in [2.45, 2.75) is 46.1 Å². The highest BCUT2D eigenvalue weighted by molar-refractivity contribution is 5.85. The fourth-order valence-corrected chi connectivity index (χ4v) is 3.29.